The van der Waals surface area contributed by atoms with E-state index in [9.17, 15) is 0 Å². The lowest BCUT2D eigenvalue weighted by Crippen LogP contribution is -2.22. The third-order valence-electron chi connectivity index (χ3n) is 3.11. The number of furan rings is 1. The molecule has 110 valence electrons. The highest BCUT2D eigenvalue weighted by atomic mass is 16.4. The zero-order valence-electron chi connectivity index (χ0n) is 12.6. The number of hydrogen-bond acceptors (Lipinski definition) is 6. The van der Waals surface area contributed by atoms with E-state index < -0.39 is 0 Å². The number of nitrogens with one attached hydrogen (secondary N) is 1. The molecule has 0 bridgehead atoms. The maximum absolute atomic E-state index is 5.70. The highest BCUT2D eigenvalue weighted by Crippen LogP contribution is 2.25. The van der Waals surface area contributed by atoms with Gasteiger partial charge < -0.3 is 14.2 Å². The van der Waals surface area contributed by atoms with Crippen molar-refractivity contribution >= 4 is 0 Å². The molecule has 2 heterocycles. The third-order valence-corrected chi connectivity index (χ3v) is 3.11. The van der Waals surface area contributed by atoms with Crippen molar-refractivity contribution in [3.8, 4) is 11.5 Å². The monoisotopic (exact) mass is 278 g/mol. The predicted molar refractivity (Wildman–Crippen MR) is 76.4 cm³/mol. The van der Waals surface area contributed by atoms with Crippen molar-refractivity contribution in [1.29, 1.82) is 0 Å². The van der Waals surface area contributed by atoms with E-state index in [4.69, 9.17) is 8.83 Å². The van der Waals surface area contributed by atoms with Crippen LogP contribution >= 0.6 is 0 Å². The second-order valence-corrected chi connectivity index (χ2v) is 5.02. The first-order chi connectivity index (χ1) is 9.60. The fourth-order valence-corrected chi connectivity index (χ4v) is 2.11. The minimum Gasteiger partial charge on any atom is -0.466 e. The van der Waals surface area contributed by atoms with E-state index in [1.54, 1.807) is 0 Å². The lowest BCUT2D eigenvalue weighted by Gasteiger charge is -2.13. The Morgan fingerprint density at radius 1 is 1.25 bits per heavy atom. The van der Waals surface area contributed by atoms with Crippen LogP contribution in [0.15, 0.2) is 14.9 Å². The summed E-state index contributed by atoms with van der Waals surface area (Å²) in [6.45, 7) is 6.46. The molecule has 6 heteroatoms. The quantitative estimate of drug-likeness (QED) is 0.781. The smallest absolute Gasteiger partial charge is 0.251 e. The SMILES string of the molecule is CNCCCN(C)Cc1nnc(-c2cc(C)oc2C)o1. The van der Waals surface area contributed by atoms with Crippen LogP contribution in [0.4, 0.5) is 0 Å². The van der Waals surface area contributed by atoms with Gasteiger partial charge in [-0.15, -0.1) is 10.2 Å². The van der Waals surface area contributed by atoms with Crippen molar-refractivity contribution in [2.45, 2.75) is 26.8 Å². The molecule has 6 nitrogen and oxygen atoms in total. The van der Waals surface area contributed by atoms with Gasteiger partial charge in [0.25, 0.3) is 5.89 Å². The Balaban J connectivity index is 1.97. The zero-order valence-corrected chi connectivity index (χ0v) is 12.6. The van der Waals surface area contributed by atoms with E-state index in [1.807, 2.05) is 34.0 Å². The van der Waals surface area contributed by atoms with Gasteiger partial charge in [-0.1, -0.05) is 0 Å². The molecule has 0 spiro atoms. The summed E-state index contributed by atoms with van der Waals surface area (Å²) in [6, 6.07) is 1.92. The molecule has 0 amide bonds. The Morgan fingerprint density at radius 2 is 2.05 bits per heavy atom. The molecule has 0 fully saturated rings. The molecule has 2 rings (SSSR count). The van der Waals surface area contributed by atoms with Gasteiger partial charge in [0.1, 0.15) is 11.5 Å². The number of hydrogen-bond donors (Lipinski definition) is 1. The van der Waals surface area contributed by atoms with E-state index in [1.165, 1.54) is 0 Å². The molecule has 0 aliphatic carbocycles. The Morgan fingerprint density at radius 3 is 2.70 bits per heavy atom. The van der Waals surface area contributed by atoms with Crippen molar-refractivity contribution in [3.63, 3.8) is 0 Å². The van der Waals surface area contributed by atoms with Crippen molar-refractivity contribution in [3.05, 3.63) is 23.5 Å². The number of aryl methyl sites for hydroxylation is 2. The second kappa shape index (κ2) is 6.67. The zero-order chi connectivity index (χ0) is 14.5. The molecule has 0 saturated heterocycles. The molecule has 2 aromatic heterocycles. The fourth-order valence-electron chi connectivity index (χ4n) is 2.11. The van der Waals surface area contributed by atoms with Gasteiger partial charge in [0.15, 0.2) is 0 Å². The maximum Gasteiger partial charge on any atom is 0.251 e. The van der Waals surface area contributed by atoms with Gasteiger partial charge in [-0.2, -0.15) is 0 Å². The summed E-state index contributed by atoms with van der Waals surface area (Å²) in [5.41, 5.74) is 0.874. The Labute approximate surface area is 119 Å². The summed E-state index contributed by atoms with van der Waals surface area (Å²) in [4.78, 5) is 2.17. The number of rotatable bonds is 7. The van der Waals surface area contributed by atoms with E-state index >= 15 is 0 Å². The van der Waals surface area contributed by atoms with Gasteiger partial charge in [0.2, 0.25) is 5.89 Å². The molecule has 0 saturated carbocycles. The average Bonchev–Trinajstić information content (AvgIpc) is 2.96. The van der Waals surface area contributed by atoms with E-state index in [0.717, 1.165) is 36.6 Å². The van der Waals surface area contributed by atoms with Crippen molar-refractivity contribution < 1.29 is 8.83 Å². The van der Waals surface area contributed by atoms with Crippen LogP contribution < -0.4 is 5.32 Å². The van der Waals surface area contributed by atoms with Gasteiger partial charge >= 0.3 is 0 Å². The Kier molecular flexibility index (Phi) is 4.92. The summed E-state index contributed by atoms with van der Waals surface area (Å²) < 4.78 is 11.2. The normalized spacial score (nSPS) is 11.4. The molecular formula is C14H22N4O2. The van der Waals surface area contributed by atoms with Gasteiger partial charge in [-0.25, -0.2) is 0 Å². The predicted octanol–water partition coefficient (Wildman–Crippen LogP) is 1.99. The lowest BCUT2D eigenvalue weighted by atomic mass is 10.2. The maximum atomic E-state index is 5.70. The van der Waals surface area contributed by atoms with Crippen LogP contribution in [-0.2, 0) is 6.54 Å². The van der Waals surface area contributed by atoms with Gasteiger partial charge in [-0.3, -0.25) is 4.90 Å². The van der Waals surface area contributed by atoms with Crippen LogP contribution in [0.25, 0.3) is 11.5 Å². The average molecular weight is 278 g/mol. The fraction of sp³-hybridized carbons (Fsp3) is 0.571. The van der Waals surface area contributed by atoms with E-state index in [-0.39, 0.29) is 0 Å². The van der Waals surface area contributed by atoms with Crippen LogP contribution in [-0.4, -0.2) is 42.3 Å². The number of aromatic nitrogens is 2. The van der Waals surface area contributed by atoms with Crippen molar-refractivity contribution in [2.24, 2.45) is 0 Å². The minimum absolute atomic E-state index is 0.526. The minimum atomic E-state index is 0.526. The van der Waals surface area contributed by atoms with Crippen LogP contribution in [0.3, 0.4) is 0 Å². The Hall–Kier alpha value is -1.66. The first-order valence-electron chi connectivity index (χ1n) is 6.83. The summed E-state index contributed by atoms with van der Waals surface area (Å²) in [5.74, 6) is 2.81. The van der Waals surface area contributed by atoms with Gasteiger partial charge in [0, 0.05) is 0 Å². The standard InChI is InChI=1S/C14H22N4O2/c1-10-8-12(11(2)19-10)14-17-16-13(20-14)9-18(4)7-5-6-15-3/h8,15H,5-7,9H2,1-4H3. The van der Waals surface area contributed by atoms with Crippen LogP contribution in [0, 0.1) is 13.8 Å². The molecule has 0 radical (unpaired) electrons. The molecule has 0 unspecified atom stereocenters. The van der Waals surface area contributed by atoms with E-state index in [0.29, 0.717) is 18.3 Å². The van der Waals surface area contributed by atoms with Crippen molar-refractivity contribution in [1.82, 2.24) is 20.4 Å². The summed E-state index contributed by atoms with van der Waals surface area (Å²) in [7, 11) is 4.01. The van der Waals surface area contributed by atoms with Crippen LogP contribution in [0.5, 0.6) is 0 Å². The topological polar surface area (TPSA) is 67.3 Å². The first kappa shape index (κ1) is 14.7. The highest BCUT2D eigenvalue weighted by molar-refractivity contribution is 5.55. The highest BCUT2D eigenvalue weighted by Gasteiger charge is 2.15. The largest absolute Gasteiger partial charge is 0.466 e. The molecule has 0 aliphatic rings. The second-order valence-electron chi connectivity index (χ2n) is 5.02. The summed E-state index contributed by atoms with van der Waals surface area (Å²) in [6.07, 6.45) is 1.09. The third kappa shape index (κ3) is 3.68. The molecule has 0 atom stereocenters. The molecule has 2 aromatic rings. The van der Waals surface area contributed by atoms with E-state index in [2.05, 4.69) is 20.4 Å². The van der Waals surface area contributed by atoms with Gasteiger partial charge in [0.05, 0.1) is 12.1 Å². The molecule has 1 N–H and O–H groups in total. The van der Waals surface area contributed by atoms with Gasteiger partial charge in [-0.05, 0) is 53.5 Å². The lowest BCUT2D eigenvalue weighted by molar-refractivity contribution is 0.286. The molecule has 20 heavy (non-hydrogen) atoms. The Bertz CT molecular complexity index is 547. The summed E-state index contributed by atoms with van der Waals surface area (Å²) >= 11 is 0. The van der Waals surface area contributed by atoms with Crippen LogP contribution in [0.1, 0.15) is 23.8 Å². The van der Waals surface area contributed by atoms with Crippen molar-refractivity contribution in [2.75, 3.05) is 27.2 Å². The number of nitrogens with zero attached hydrogens (tertiary/aromatic N) is 3. The first-order valence-corrected chi connectivity index (χ1v) is 6.83. The van der Waals surface area contributed by atoms with Crippen LogP contribution in [0.2, 0.25) is 0 Å². The molecule has 0 aliphatic heterocycles. The molecule has 0 aromatic carbocycles. The summed E-state index contributed by atoms with van der Waals surface area (Å²) in [5, 5.41) is 11.3. The molecular weight excluding hydrogens is 256 g/mol.